The molecule has 2 amide bonds. The molecule has 0 spiro atoms. The van der Waals surface area contributed by atoms with Gasteiger partial charge in [0.1, 0.15) is 0 Å². The van der Waals surface area contributed by atoms with Crippen molar-refractivity contribution in [2.24, 2.45) is 0 Å². The number of nitrogens with zero attached hydrogens (tertiary/aromatic N) is 2. The van der Waals surface area contributed by atoms with Crippen LogP contribution in [0, 0.1) is 0 Å². The van der Waals surface area contributed by atoms with Gasteiger partial charge in [0.15, 0.2) is 0 Å². The molecule has 30 heavy (non-hydrogen) atoms. The summed E-state index contributed by atoms with van der Waals surface area (Å²) in [6.45, 7) is 4.54. The molecule has 1 saturated heterocycles. The van der Waals surface area contributed by atoms with Crippen molar-refractivity contribution in [2.45, 2.75) is 13.3 Å². The maximum atomic E-state index is 12.5. The Hall–Kier alpha value is -2.21. The molecule has 1 aliphatic heterocycles. The first-order valence-corrected chi connectivity index (χ1v) is 10.8. The molecule has 0 bridgehead atoms. The van der Waals surface area contributed by atoms with E-state index in [2.05, 4.69) is 10.2 Å². The number of carbonyl (C=O) groups excluding carboxylic acids is 2. The topological polar surface area (TPSA) is 52.7 Å². The second-order valence-electron chi connectivity index (χ2n) is 6.87. The zero-order valence-electron chi connectivity index (χ0n) is 16.5. The fourth-order valence-corrected chi connectivity index (χ4v) is 3.92. The normalized spacial score (nSPS) is 14.3. The van der Waals surface area contributed by atoms with E-state index in [9.17, 15) is 9.59 Å². The summed E-state index contributed by atoms with van der Waals surface area (Å²) in [5.41, 5.74) is 2.18. The number of amides is 2. The van der Waals surface area contributed by atoms with Crippen LogP contribution < -0.4 is 10.2 Å². The number of anilines is 2. The zero-order valence-corrected chi connectivity index (χ0v) is 18.8. The lowest BCUT2D eigenvalue weighted by atomic mass is 10.2. The van der Waals surface area contributed by atoms with Crippen LogP contribution in [0.2, 0.25) is 15.1 Å². The van der Waals surface area contributed by atoms with Crippen molar-refractivity contribution in [3.8, 4) is 0 Å². The van der Waals surface area contributed by atoms with Gasteiger partial charge in [0.05, 0.1) is 11.4 Å². The Morgan fingerprint density at radius 1 is 1.00 bits per heavy atom. The highest BCUT2D eigenvalue weighted by molar-refractivity contribution is 6.35. The third-order valence-corrected chi connectivity index (χ3v) is 5.67. The number of benzene rings is 2. The van der Waals surface area contributed by atoms with E-state index in [0.717, 1.165) is 5.69 Å². The van der Waals surface area contributed by atoms with Crippen molar-refractivity contribution in [3.63, 3.8) is 0 Å². The molecule has 158 valence electrons. The number of carbonyl (C=O) groups is 2. The fourth-order valence-electron chi connectivity index (χ4n) is 3.28. The molecule has 1 fully saturated rings. The molecule has 1 aliphatic rings. The van der Waals surface area contributed by atoms with Crippen molar-refractivity contribution in [1.82, 2.24) is 4.90 Å². The third kappa shape index (κ3) is 5.69. The standard InChI is InChI=1S/C22H22Cl3N3O2/c1-2-22(30)28-11-9-27(10-12-28)20-7-6-17(24)14-19(20)26-21(29)8-4-15-3-5-16(23)13-18(15)25/h3-8,13-14H,2,9-12H2,1H3,(H,26,29). The van der Waals surface area contributed by atoms with Gasteiger partial charge in [-0.2, -0.15) is 0 Å². The summed E-state index contributed by atoms with van der Waals surface area (Å²) in [5, 5.41) is 4.42. The Balaban J connectivity index is 1.72. The van der Waals surface area contributed by atoms with Crippen LogP contribution in [0.4, 0.5) is 11.4 Å². The van der Waals surface area contributed by atoms with Crippen molar-refractivity contribution in [2.75, 3.05) is 36.4 Å². The van der Waals surface area contributed by atoms with E-state index < -0.39 is 0 Å². The zero-order chi connectivity index (χ0) is 21.7. The van der Waals surface area contributed by atoms with Crippen molar-refractivity contribution >= 4 is 64.1 Å². The highest BCUT2D eigenvalue weighted by Gasteiger charge is 2.22. The predicted molar refractivity (Wildman–Crippen MR) is 125 cm³/mol. The average Bonchev–Trinajstić information content (AvgIpc) is 2.73. The minimum absolute atomic E-state index is 0.158. The smallest absolute Gasteiger partial charge is 0.248 e. The number of piperazine rings is 1. The first-order valence-electron chi connectivity index (χ1n) is 9.63. The van der Waals surface area contributed by atoms with Gasteiger partial charge in [-0.25, -0.2) is 0 Å². The fraction of sp³-hybridized carbons (Fsp3) is 0.273. The lowest BCUT2D eigenvalue weighted by Crippen LogP contribution is -2.48. The van der Waals surface area contributed by atoms with Crippen molar-refractivity contribution < 1.29 is 9.59 Å². The summed E-state index contributed by atoms with van der Waals surface area (Å²) >= 11 is 18.2. The van der Waals surface area contributed by atoms with Gasteiger partial charge < -0.3 is 15.1 Å². The van der Waals surface area contributed by atoms with Crippen molar-refractivity contribution in [3.05, 3.63) is 63.1 Å². The summed E-state index contributed by atoms with van der Waals surface area (Å²) in [6.07, 6.45) is 3.55. The molecule has 0 saturated carbocycles. The van der Waals surface area contributed by atoms with Crippen LogP contribution in [0.15, 0.2) is 42.5 Å². The van der Waals surface area contributed by atoms with Crippen LogP contribution >= 0.6 is 34.8 Å². The Morgan fingerprint density at radius 3 is 2.33 bits per heavy atom. The molecule has 0 aliphatic carbocycles. The number of hydrogen-bond acceptors (Lipinski definition) is 3. The molecular formula is C22H22Cl3N3O2. The Bertz CT molecular complexity index is 970. The van der Waals surface area contributed by atoms with Crippen LogP contribution in [-0.4, -0.2) is 42.9 Å². The number of nitrogens with one attached hydrogen (secondary N) is 1. The summed E-state index contributed by atoms with van der Waals surface area (Å²) in [4.78, 5) is 28.4. The molecule has 0 atom stereocenters. The van der Waals surface area contributed by atoms with Gasteiger partial charge in [-0.3, -0.25) is 9.59 Å². The summed E-state index contributed by atoms with van der Waals surface area (Å²) in [6, 6.07) is 10.5. The summed E-state index contributed by atoms with van der Waals surface area (Å²) < 4.78 is 0. The molecule has 1 N–H and O–H groups in total. The molecule has 8 heteroatoms. The van der Waals surface area contributed by atoms with Crippen LogP contribution in [0.5, 0.6) is 0 Å². The largest absolute Gasteiger partial charge is 0.366 e. The summed E-state index contributed by atoms with van der Waals surface area (Å²) in [5.74, 6) is -0.144. The van der Waals surface area contributed by atoms with Crippen LogP contribution in [0.25, 0.3) is 6.08 Å². The van der Waals surface area contributed by atoms with Gasteiger partial charge in [0.25, 0.3) is 0 Å². The second kappa shape index (κ2) is 10.2. The van der Waals surface area contributed by atoms with E-state index in [0.29, 0.717) is 58.9 Å². The molecule has 3 rings (SSSR count). The quantitative estimate of drug-likeness (QED) is 0.604. The maximum Gasteiger partial charge on any atom is 0.248 e. The third-order valence-electron chi connectivity index (χ3n) is 4.87. The van der Waals surface area contributed by atoms with Crippen molar-refractivity contribution in [1.29, 1.82) is 0 Å². The predicted octanol–water partition coefficient (Wildman–Crippen LogP) is 5.36. The molecule has 1 heterocycles. The van der Waals surface area contributed by atoms with E-state index in [4.69, 9.17) is 34.8 Å². The average molecular weight is 467 g/mol. The summed E-state index contributed by atoms with van der Waals surface area (Å²) in [7, 11) is 0. The number of rotatable bonds is 5. The van der Waals surface area contributed by atoms with E-state index in [1.807, 2.05) is 17.9 Å². The number of halogens is 3. The Morgan fingerprint density at radius 2 is 1.67 bits per heavy atom. The van der Waals surface area contributed by atoms with E-state index in [-0.39, 0.29) is 11.8 Å². The maximum absolute atomic E-state index is 12.5. The molecule has 5 nitrogen and oxygen atoms in total. The second-order valence-corrected chi connectivity index (χ2v) is 8.15. The lowest BCUT2D eigenvalue weighted by Gasteiger charge is -2.37. The molecule has 2 aromatic rings. The molecule has 0 aromatic heterocycles. The number of hydrogen-bond donors (Lipinski definition) is 1. The Labute approximate surface area is 191 Å². The minimum atomic E-state index is -0.302. The molecular weight excluding hydrogens is 445 g/mol. The van der Waals surface area contributed by atoms with E-state index in [1.165, 1.54) is 6.08 Å². The van der Waals surface area contributed by atoms with Crippen LogP contribution in [0.3, 0.4) is 0 Å². The molecule has 2 aromatic carbocycles. The molecule has 0 unspecified atom stereocenters. The SMILES string of the molecule is CCC(=O)N1CCN(c2ccc(Cl)cc2NC(=O)C=Cc2ccc(Cl)cc2Cl)CC1. The lowest BCUT2D eigenvalue weighted by molar-refractivity contribution is -0.131. The monoisotopic (exact) mass is 465 g/mol. The van der Waals surface area contributed by atoms with Crippen LogP contribution in [-0.2, 0) is 9.59 Å². The highest BCUT2D eigenvalue weighted by atomic mass is 35.5. The minimum Gasteiger partial charge on any atom is -0.366 e. The van der Waals surface area contributed by atoms with Gasteiger partial charge in [0, 0.05) is 53.7 Å². The molecule has 0 radical (unpaired) electrons. The van der Waals surface area contributed by atoms with Gasteiger partial charge >= 0.3 is 0 Å². The van der Waals surface area contributed by atoms with Gasteiger partial charge in [-0.1, -0.05) is 47.8 Å². The first-order chi connectivity index (χ1) is 14.4. The first kappa shape index (κ1) is 22.5. The Kier molecular flexibility index (Phi) is 7.64. The van der Waals surface area contributed by atoms with Gasteiger partial charge in [-0.05, 0) is 42.0 Å². The van der Waals surface area contributed by atoms with Gasteiger partial charge in [0.2, 0.25) is 11.8 Å². The van der Waals surface area contributed by atoms with E-state index in [1.54, 1.807) is 36.4 Å². The van der Waals surface area contributed by atoms with Gasteiger partial charge in [-0.15, -0.1) is 0 Å². The highest BCUT2D eigenvalue weighted by Crippen LogP contribution is 2.30. The van der Waals surface area contributed by atoms with Crippen LogP contribution in [0.1, 0.15) is 18.9 Å². The van der Waals surface area contributed by atoms with E-state index >= 15 is 0 Å².